The number of aromatic nitrogens is 1. The van der Waals surface area contributed by atoms with Crippen molar-refractivity contribution < 1.29 is 14.3 Å². The van der Waals surface area contributed by atoms with Crippen LogP contribution < -0.4 is 0 Å². The van der Waals surface area contributed by atoms with E-state index in [0.29, 0.717) is 6.04 Å². The van der Waals surface area contributed by atoms with E-state index in [1.165, 1.54) is 18.7 Å². The third kappa shape index (κ3) is 5.75. The third-order valence-corrected chi connectivity index (χ3v) is 5.44. The molecular weight excluding hydrogens is 364 g/mol. The second kappa shape index (κ2) is 9.81. The zero-order valence-electron chi connectivity index (χ0n) is 17.7. The topological polar surface area (TPSA) is 51.7 Å². The standard InChI is InChI=1S/C24H30N2O3/c1-17(14-24(27)28-4)21-10-8-20(9-11-21)15-19(3)26-12-13-29-23(16-26)22-7-5-6-18(2)25-22/h5-11,14,19,23H,12-13,15-16H2,1-4H3. The van der Waals surface area contributed by atoms with Crippen LogP contribution in [0.15, 0.2) is 48.5 Å². The van der Waals surface area contributed by atoms with E-state index in [2.05, 4.69) is 47.1 Å². The molecule has 0 aliphatic carbocycles. The number of morpholine rings is 1. The molecule has 3 rings (SSSR count). The number of rotatable bonds is 6. The summed E-state index contributed by atoms with van der Waals surface area (Å²) in [4.78, 5) is 18.5. The molecule has 1 saturated heterocycles. The number of aryl methyl sites for hydroxylation is 1. The number of esters is 1. The molecule has 2 atom stereocenters. The summed E-state index contributed by atoms with van der Waals surface area (Å²) in [7, 11) is 1.39. The molecule has 29 heavy (non-hydrogen) atoms. The van der Waals surface area contributed by atoms with Crippen LogP contribution in [0.4, 0.5) is 0 Å². The molecule has 0 saturated carbocycles. The molecule has 1 aromatic carbocycles. The van der Waals surface area contributed by atoms with Crippen LogP contribution in [0, 0.1) is 6.92 Å². The first-order chi connectivity index (χ1) is 14.0. The van der Waals surface area contributed by atoms with E-state index in [4.69, 9.17) is 9.47 Å². The maximum atomic E-state index is 11.4. The Hall–Kier alpha value is -2.50. The molecule has 2 aromatic rings. The van der Waals surface area contributed by atoms with E-state index in [1.807, 2.05) is 26.0 Å². The van der Waals surface area contributed by atoms with Crippen molar-refractivity contribution in [3.63, 3.8) is 0 Å². The van der Waals surface area contributed by atoms with Crippen molar-refractivity contribution in [2.24, 2.45) is 0 Å². The summed E-state index contributed by atoms with van der Waals surface area (Å²) in [5.74, 6) is -0.329. The van der Waals surface area contributed by atoms with E-state index >= 15 is 0 Å². The Kier molecular flexibility index (Phi) is 7.18. The number of ether oxygens (including phenoxy) is 2. The highest BCUT2D eigenvalue weighted by atomic mass is 16.5. The van der Waals surface area contributed by atoms with E-state index in [1.54, 1.807) is 0 Å². The van der Waals surface area contributed by atoms with Gasteiger partial charge in [-0.05, 0) is 56.0 Å². The van der Waals surface area contributed by atoms with Crippen LogP contribution in [0.1, 0.15) is 42.5 Å². The Labute approximate surface area is 173 Å². The second-order valence-corrected chi connectivity index (χ2v) is 7.66. The summed E-state index contributed by atoms with van der Waals surface area (Å²) in [5, 5.41) is 0. The number of methoxy groups -OCH3 is 1. The van der Waals surface area contributed by atoms with E-state index in [-0.39, 0.29) is 12.1 Å². The van der Waals surface area contributed by atoms with Gasteiger partial charge in [0.2, 0.25) is 0 Å². The molecule has 2 unspecified atom stereocenters. The smallest absolute Gasteiger partial charge is 0.330 e. The Bertz CT molecular complexity index is 861. The van der Waals surface area contributed by atoms with Crippen molar-refractivity contribution in [1.29, 1.82) is 0 Å². The summed E-state index contributed by atoms with van der Waals surface area (Å²) < 4.78 is 10.7. The summed E-state index contributed by atoms with van der Waals surface area (Å²) in [6, 6.07) is 14.9. The first kappa shape index (κ1) is 21.2. The van der Waals surface area contributed by atoms with Crippen LogP contribution in [0.25, 0.3) is 5.57 Å². The van der Waals surface area contributed by atoms with Crippen LogP contribution in [0.5, 0.6) is 0 Å². The Balaban J connectivity index is 1.61. The van der Waals surface area contributed by atoms with Gasteiger partial charge < -0.3 is 9.47 Å². The van der Waals surface area contributed by atoms with Gasteiger partial charge in [-0.15, -0.1) is 0 Å². The molecule has 0 N–H and O–H groups in total. The van der Waals surface area contributed by atoms with Crippen LogP contribution >= 0.6 is 0 Å². The number of benzene rings is 1. The van der Waals surface area contributed by atoms with Crippen molar-refractivity contribution >= 4 is 11.5 Å². The summed E-state index contributed by atoms with van der Waals surface area (Å²) in [6.07, 6.45) is 2.51. The minimum Gasteiger partial charge on any atom is -0.466 e. The molecule has 0 radical (unpaired) electrons. The lowest BCUT2D eigenvalue weighted by Gasteiger charge is -2.36. The van der Waals surface area contributed by atoms with Gasteiger partial charge in [0.05, 0.1) is 19.4 Å². The lowest BCUT2D eigenvalue weighted by atomic mass is 10.0. The molecule has 0 spiro atoms. The number of nitrogens with zero attached hydrogens (tertiary/aromatic N) is 2. The molecule has 1 aliphatic rings. The molecule has 0 bridgehead atoms. The number of allylic oxidation sites excluding steroid dienone is 1. The van der Waals surface area contributed by atoms with Gasteiger partial charge in [0.15, 0.2) is 0 Å². The Morgan fingerprint density at radius 3 is 2.76 bits per heavy atom. The number of carbonyl (C=O) groups is 1. The highest BCUT2D eigenvalue weighted by Crippen LogP contribution is 2.23. The SMILES string of the molecule is COC(=O)C=C(C)c1ccc(CC(C)N2CCOC(c3cccc(C)n3)C2)cc1. The van der Waals surface area contributed by atoms with Crippen molar-refractivity contribution in [1.82, 2.24) is 9.88 Å². The molecule has 2 heterocycles. The number of hydrogen-bond acceptors (Lipinski definition) is 5. The molecule has 154 valence electrons. The number of pyridine rings is 1. The summed E-state index contributed by atoms with van der Waals surface area (Å²) in [6.45, 7) is 8.71. The fraction of sp³-hybridized carbons (Fsp3) is 0.417. The van der Waals surface area contributed by atoms with Gasteiger partial charge in [0.25, 0.3) is 0 Å². The van der Waals surface area contributed by atoms with Gasteiger partial charge in [-0.1, -0.05) is 30.3 Å². The van der Waals surface area contributed by atoms with Crippen LogP contribution in [0.3, 0.4) is 0 Å². The third-order valence-electron chi connectivity index (χ3n) is 5.44. The molecule has 1 aromatic heterocycles. The minimum absolute atomic E-state index is 0.0274. The van der Waals surface area contributed by atoms with Crippen LogP contribution in [-0.2, 0) is 20.7 Å². The maximum absolute atomic E-state index is 11.4. The lowest BCUT2D eigenvalue weighted by molar-refractivity contribution is -0.134. The van der Waals surface area contributed by atoms with Gasteiger partial charge >= 0.3 is 5.97 Å². The van der Waals surface area contributed by atoms with Crippen molar-refractivity contribution in [3.05, 3.63) is 71.1 Å². The van der Waals surface area contributed by atoms with Gasteiger partial charge in [-0.25, -0.2) is 4.79 Å². The quantitative estimate of drug-likeness (QED) is 0.548. The van der Waals surface area contributed by atoms with Crippen molar-refractivity contribution in [2.45, 2.75) is 39.3 Å². The molecule has 1 fully saturated rings. The predicted octanol–water partition coefficient (Wildman–Crippen LogP) is 3.97. The maximum Gasteiger partial charge on any atom is 0.330 e. The highest BCUT2D eigenvalue weighted by Gasteiger charge is 2.26. The largest absolute Gasteiger partial charge is 0.466 e. The molecule has 5 heteroatoms. The molecule has 1 aliphatic heterocycles. The van der Waals surface area contributed by atoms with Gasteiger partial charge in [-0.3, -0.25) is 9.88 Å². The van der Waals surface area contributed by atoms with Gasteiger partial charge in [0, 0.05) is 30.9 Å². The Morgan fingerprint density at radius 2 is 2.07 bits per heavy atom. The first-order valence-electron chi connectivity index (χ1n) is 10.1. The van der Waals surface area contributed by atoms with E-state index < -0.39 is 0 Å². The van der Waals surface area contributed by atoms with Crippen molar-refractivity contribution in [2.75, 3.05) is 26.8 Å². The first-order valence-corrected chi connectivity index (χ1v) is 10.1. The fourth-order valence-corrected chi connectivity index (χ4v) is 3.68. The van der Waals surface area contributed by atoms with Gasteiger partial charge in [-0.2, -0.15) is 0 Å². The van der Waals surface area contributed by atoms with E-state index in [9.17, 15) is 4.79 Å². The average molecular weight is 395 g/mol. The minimum atomic E-state index is -0.329. The monoisotopic (exact) mass is 394 g/mol. The zero-order chi connectivity index (χ0) is 20.8. The normalized spacial score (nSPS) is 19.0. The van der Waals surface area contributed by atoms with Gasteiger partial charge in [0.1, 0.15) is 6.10 Å². The van der Waals surface area contributed by atoms with E-state index in [0.717, 1.165) is 48.6 Å². The van der Waals surface area contributed by atoms with Crippen LogP contribution in [0.2, 0.25) is 0 Å². The number of carbonyl (C=O) groups excluding carboxylic acids is 1. The van der Waals surface area contributed by atoms with Crippen molar-refractivity contribution in [3.8, 4) is 0 Å². The zero-order valence-corrected chi connectivity index (χ0v) is 17.7. The Morgan fingerprint density at radius 1 is 1.31 bits per heavy atom. The summed E-state index contributed by atoms with van der Waals surface area (Å²) in [5.41, 5.74) is 5.25. The summed E-state index contributed by atoms with van der Waals surface area (Å²) >= 11 is 0. The van der Waals surface area contributed by atoms with Crippen LogP contribution in [-0.4, -0.2) is 48.7 Å². The molecule has 0 amide bonds. The second-order valence-electron chi connectivity index (χ2n) is 7.66. The molecule has 5 nitrogen and oxygen atoms in total. The predicted molar refractivity (Wildman–Crippen MR) is 115 cm³/mol. The highest BCUT2D eigenvalue weighted by molar-refractivity contribution is 5.90. The average Bonchev–Trinajstić information content (AvgIpc) is 2.74. The lowest BCUT2D eigenvalue weighted by Crippen LogP contribution is -2.44. The fourth-order valence-electron chi connectivity index (χ4n) is 3.68. The number of hydrogen-bond donors (Lipinski definition) is 0. The molecular formula is C24H30N2O3.